The summed E-state index contributed by atoms with van der Waals surface area (Å²) in [4.78, 5) is 0. The molecule has 0 aromatic rings. The van der Waals surface area contributed by atoms with Gasteiger partial charge in [0, 0.05) is 5.50 Å². The molecule has 0 rings (SSSR count). The first-order valence-corrected chi connectivity index (χ1v) is 2.87. The molecule has 0 aromatic carbocycles. The van der Waals surface area contributed by atoms with Gasteiger partial charge in [-0.1, -0.05) is 6.82 Å². The minimum Gasteiger partial charge on any atom is -0.430 e. The Balaban J connectivity index is 3.37. The van der Waals surface area contributed by atoms with Crippen molar-refractivity contribution in [3.8, 4) is 0 Å². The third kappa shape index (κ3) is 3.10. The first-order valence-electron chi connectivity index (χ1n) is 2.87. The van der Waals surface area contributed by atoms with Gasteiger partial charge in [0.2, 0.25) is 0 Å². The summed E-state index contributed by atoms with van der Waals surface area (Å²) in [6.45, 7) is 5.92. The van der Waals surface area contributed by atoms with Crippen molar-refractivity contribution in [1.29, 1.82) is 0 Å². The van der Waals surface area contributed by atoms with Gasteiger partial charge in [-0.15, -0.1) is 0 Å². The van der Waals surface area contributed by atoms with Crippen molar-refractivity contribution in [3.63, 3.8) is 0 Å². The predicted octanol–water partition coefficient (Wildman–Crippen LogP) is -0.517. The van der Waals surface area contributed by atoms with Crippen LogP contribution in [0.2, 0.25) is 6.82 Å². The largest absolute Gasteiger partial charge is 0.435 e. The molecule has 46 valence electrons. The van der Waals surface area contributed by atoms with E-state index in [9.17, 15) is 0 Å². The second-order valence-electron chi connectivity index (χ2n) is 2.39. The van der Waals surface area contributed by atoms with Crippen LogP contribution in [0.5, 0.6) is 0 Å². The Labute approximate surface area is 51.8 Å². The fraction of sp³-hybridized carbons (Fsp3) is 1.00. The van der Waals surface area contributed by atoms with Crippen LogP contribution in [0.25, 0.3) is 0 Å². The van der Waals surface area contributed by atoms with Crippen LogP contribution >= 0.6 is 0 Å². The van der Waals surface area contributed by atoms with E-state index in [4.69, 9.17) is 9.68 Å². The van der Waals surface area contributed by atoms with E-state index in [0.717, 1.165) is 7.28 Å². The van der Waals surface area contributed by atoms with E-state index in [0.29, 0.717) is 0 Å². The quantitative estimate of drug-likeness (QED) is 0.500. The molecule has 0 aliphatic heterocycles. The molecule has 0 spiro atoms. The fourth-order valence-corrected chi connectivity index (χ4v) is 0.277. The van der Waals surface area contributed by atoms with Crippen molar-refractivity contribution in [1.82, 2.24) is 0 Å². The van der Waals surface area contributed by atoms with E-state index in [1.165, 1.54) is 0 Å². The standard InChI is InChI=1S/C4H12B2O2/c1-4(2,5-3)8-6-7/h5-7H,1-3H3. The highest BCUT2D eigenvalue weighted by Crippen LogP contribution is 2.03. The van der Waals surface area contributed by atoms with Gasteiger partial charge >= 0.3 is 7.69 Å². The van der Waals surface area contributed by atoms with Crippen LogP contribution in [0, 0.1) is 0 Å². The maximum atomic E-state index is 8.31. The topological polar surface area (TPSA) is 29.5 Å². The molecule has 8 heavy (non-hydrogen) atoms. The molecule has 0 atom stereocenters. The average molecular weight is 114 g/mol. The maximum Gasteiger partial charge on any atom is 0.435 e. The third-order valence-electron chi connectivity index (χ3n) is 1.31. The van der Waals surface area contributed by atoms with E-state index in [-0.39, 0.29) is 13.2 Å². The lowest BCUT2D eigenvalue weighted by atomic mass is 9.64. The normalized spacial score (nSPS) is 11.0. The fourth-order valence-electron chi connectivity index (χ4n) is 0.277. The van der Waals surface area contributed by atoms with Gasteiger partial charge in [0.25, 0.3) is 0 Å². The summed E-state index contributed by atoms with van der Waals surface area (Å²) in [5.74, 6) is 0. The minimum atomic E-state index is -0.180. The predicted molar refractivity (Wildman–Crippen MR) is 37.5 cm³/mol. The lowest BCUT2D eigenvalue weighted by molar-refractivity contribution is 0.175. The second-order valence-corrected chi connectivity index (χ2v) is 2.39. The number of hydrogen-bond acceptors (Lipinski definition) is 2. The molecule has 0 fully saturated rings. The van der Waals surface area contributed by atoms with Crippen molar-refractivity contribution in [2.75, 3.05) is 0 Å². The Kier molecular flexibility index (Phi) is 3.17. The molecule has 0 saturated carbocycles. The monoisotopic (exact) mass is 114 g/mol. The van der Waals surface area contributed by atoms with E-state index >= 15 is 0 Å². The molecular weight excluding hydrogens is 102 g/mol. The van der Waals surface area contributed by atoms with Crippen molar-refractivity contribution >= 4 is 15.0 Å². The van der Waals surface area contributed by atoms with E-state index in [1.54, 1.807) is 0 Å². The summed E-state index contributed by atoms with van der Waals surface area (Å²) in [6.07, 6.45) is 0. The zero-order valence-corrected chi connectivity index (χ0v) is 5.77. The van der Waals surface area contributed by atoms with Crippen LogP contribution < -0.4 is 0 Å². The van der Waals surface area contributed by atoms with Crippen LogP contribution in [-0.2, 0) is 4.65 Å². The van der Waals surface area contributed by atoms with Gasteiger partial charge in [-0.25, -0.2) is 0 Å². The lowest BCUT2D eigenvalue weighted by Gasteiger charge is -2.20. The molecule has 0 amide bonds. The summed E-state index contributed by atoms with van der Waals surface area (Å²) in [5, 5.41) is 8.31. The molecule has 2 nitrogen and oxygen atoms in total. The van der Waals surface area contributed by atoms with Gasteiger partial charge in [-0.05, 0) is 13.8 Å². The lowest BCUT2D eigenvalue weighted by Crippen LogP contribution is -2.31. The number of hydrogen-bond donors (Lipinski definition) is 1. The molecule has 0 saturated heterocycles. The summed E-state index contributed by atoms with van der Waals surface area (Å²) < 4.78 is 4.93. The second kappa shape index (κ2) is 3.15. The summed E-state index contributed by atoms with van der Waals surface area (Å²) in [7, 11) is 0.744. The van der Waals surface area contributed by atoms with Crippen LogP contribution in [0.15, 0.2) is 0 Å². The Morgan fingerprint density at radius 2 is 2.00 bits per heavy atom. The Morgan fingerprint density at radius 1 is 1.50 bits per heavy atom. The van der Waals surface area contributed by atoms with Crippen LogP contribution in [-0.4, -0.2) is 25.5 Å². The van der Waals surface area contributed by atoms with E-state index < -0.39 is 0 Å². The van der Waals surface area contributed by atoms with Gasteiger partial charge in [-0.3, -0.25) is 0 Å². The molecule has 0 unspecified atom stereocenters. The molecule has 0 aliphatic rings. The average Bonchev–Trinajstić information content (AvgIpc) is 1.67. The van der Waals surface area contributed by atoms with Gasteiger partial charge in [-0.2, -0.15) is 0 Å². The molecule has 0 bridgehead atoms. The molecule has 0 aliphatic carbocycles. The SMILES string of the molecule is CBC(C)(C)OBO. The van der Waals surface area contributed by atoms with Gasteiger partial charge in [0.05, 0.1) is 0 Å². The first kappa shape index (κ1) is 8.05. The number of rotatable bonds is 3. The summed E-state index contributed by atoms with van der Waals surface area (Å²) in [6, 6.07) is 0. The van der Waals surface area contributed by atoms with E-state index in [1.807, 2.05) is 20.7 Å². The molecule has 0 aromatic heterocycles. The van der Waals surface area contributed by atoms with Crippen molar-refractivity contribution in [2.45, 2.75) is 26.2 Å². The van der Waals surface area contributed by atoms with Crippen LogP contribution in [0.1, 0.15) is 13.8 Å². The highest BCUT2D eigenvalue weighted by molar-refractivity contribution is 6.38. The zero-order valence-electron chi connectivity index (χ0n) is 5.77. The van der Waals surface area contributed by atoms with E-state index in [2.05, 4.69) is 0 Å². The highest BCUT2D eigenvalue weighted by atomic mass is 16.5. The van der Waals surface area contributed by atoms with Crippen molar-refractivity contribution in [3.05, 3.63) is 0 Å². The Morgan fingerprint density at radius 3 is 2.12 bits per heavy atom. The third-order valence-corrected chi connectivity index (χ3v) is 1.31. The minimum absolute atomic E-state index is 0.158. The molecular formula is C4H12B2O2. The molecule has 1 N–H and O–H groups in total. The highest BCUT2D eigenvalue weighted by Gasteiger charge is 2.14. The van der Waals surface area contributed by atoms with Gasteiger partial charge in [0.1, 0.15) is 0 Å². The zero-order chi connectivity index (χ0) is 6.62. The summed E-state index contributed by atoms with van der Waals surface area (Å²) >= 11 is 0. The maximum absolute atomic E-state index is 8.31. The smallest absolute Gasteiger partial charge is 0.430 e. The Hall–Kier alpha value is 0.0499. The Bertz CT molecular complexity index is 65.1. The van der Waals surface area contributed by atoms with Crippen LogP contribution in [0.4, 0.5) is 0 Å². The van der Waals surface area contributed by atoms with Crippen molar-refractivity contribution in [2.24, 2.45) is 0 Å². The van der Waals surface area contributed by atoms with Gasteiger partial charge in [0.15, 0.2) is 7.28 Å². The van der Waals surface area contributed by atoms with Gasteiger partial charge < -0.3 is 9.68 Å². The molecule has 0 radical (unpaired) electrons. The van der Waals surface area contributed by atoms with Crippen LogP contribution in [0.3, 0.4) is 0 Å². The molecule has 4 heteroatoms. The first-order chi connectivity index (χ1) is 3.62. The molecule has 0 heterocycles. The van der Waals surface area contributed by atoms with Crippen molar-refractivity contribution < 1.29 is 9.68 Å². The summed E-state index contributed by atoms with van der Waals surface area (Å²) in [5.41, 5.74) is -0.158.